The molecule has 3 heterocycles. The van der Waals surface area contributed by atoms with Crippen molar-refractivity contribution in [2.75, 3.05) is 26.7 Å². The average molecular weight is 321 g/mol. The average Bonchev–Trinajstić information content (AvgIpc) is 3.10. The summed E-state index contributed by atoms with van der Waals surface area (Å²) < 4.78 is 0. The molecule has 1 aromatic rings. The van der Waals surface area contributed by atoms with Crippen molar-refractivity contribution in [1.29, 1.82) is 0 Å². The van der Waals surface area contributed by atoms with Crippen molar-refractivity contribution < 1.29 is 9.59 Å². The molecule has 2 saturated heterocycles. The third-order valence-corrected chi connectivity index (χ3v) is 5.93. The van der Waals surface area contributed by atoms with E-state index in [0.717, 1.165) is 38.9 Å². The molecule has 120 valence electrons. The lowest BCUT2D eigenvalue weighted by Gasteiger charge is -2.39. The number of rotatable bonds is 4. The number of urea groups is 1. The van der Waals surface area contributed by atoms with Gasteiger partial charge in [-0.1, -0.05) is 6.07 Å². The summed E-state index contributed by atoms with van der Waals surface area (Å²) in [5, 5.41) is 5.01. The van der Waals surface area contributed by atoms with Crippen LogP contribution >= 0.6 is 11.3 Å². The molecule has 0 radical (unpaired) electrons. The van der Waals surface area contributed by atoms with Crippen LogP contribution in [-0.2, 0) is 11.2 Å². The van der Waals surface area contributed by atoms with Gasteiger partial charge in [0.2, 0.25) is 0 Å². The molecule has 6 heteroatoms. The van der Waals surface area contributed by atoms with E-state index in [4.69, 9.17) is 0 Å². The SMILES string of the molecule is CN1C(=O)N[C@](C)([C@@H]2CCCN(CCc3cccs3)C2)C1=O. The van der Waals surface area contributed by atoms with Crippen LogP contribution in [0, 0.1) is 5.92 Å². The second kappa shape index (κ2) is 6.01. The van der Waals surface area contributed by atoms with Crippen LogP contribution in [0.2, 0.25) is 0 Å². The molecule has 2 aliphatic heterocycles. The Morgan fingerprint density at radius 2 is 2.27 bits per heavy atom. The van der Waals surface area contributed by atoms with Crippen molar-refractivity contribution in [3.8, 4) is 0 Å². The van der Waals surface area contributed by atoms with Crippen LogP contribution < -0.4 is 5.32 Å². The van der Waals surface area contributed by atoms with E-state index in [1.165, 1.54) is 9.78 Å². The van der Waals surface area contributed by atoms with Gasteiger partial charge in [0.25, 0.3) is 5.91 Å². The van der Waals surface area contributed by atoms with Gasteiger partial charge in [-0.25, -0.2) is 4.79 Å². The van der Waals surface area contributed by atoms with Crippen molar-refractivity contribution in [1.82, 2.24) is 15.1 Å². The molecule has 0 saturated carbocycles. The van der Waals surface area contributed by atoms with E-state index < -0.39 is 5.54 Å². The summed E-state index contributed by atoms with van der Waals surface area (Å²) in [5.74, 6) is 0.0913. The molecule has 0 unspecified atom stereocenters. The number of likely N-dealkylation sites (tertiary alicyclic amines) is 1. The van der Waals surface area contributed by atoms with Crippen LogP contribution in [0.4, 0.5) is 4.79 Å². The van der Waals surface area contributed by atoms with E-state index >= 15 is 0 Å². The topological polar surface area (TPSA) is 52.7 Å². The lowest BCUT2D eigenvalue weighted by atomic mass is 9.80. The van der Waals surface area contributed by atoms with Crippen molar-refractivity contribution in [3.63, 3.8) is 0 Å². The Labute approximate surface area is 135 Å². The summed E-state index contributed by atoms with van der Waals surface area (Å²) in [5.41, 5.74) is -0.743. The Bertz CT molecular complexity index is 560. The normalized spacial score (nSPS) is 29.9. The number of hydrogen-bond donors (Lipinski definition) is 1. The lowest BCUT2D eigenvalue weighted by molar-refractivity contribution is -0.132. The maximum absolute atomic E-state index is 12.4. The van der Waals surface area contributed by atoms with Gasteiger partial charge in [-0.05, 0) is 44.2 Å². The van der Waals surface area contributed by atoms with Crippen LogP contribution in [0.15, 0.2) is 17.5 Å². The van der Waals surface area contributed by atoms with Crippen LogP contribution in [0.3, 0.4) is 0 Å². The van der Waals surface area contributed by atoms with Crippen LogP contribution in [0.25, 0.3) is 0 Å². The fourth-order valence-corrected chi connectivity index (χ4v) is 4.23. The first-order chi connectivity index (χ1) is 10.5. The molecule has 3 amide bonds. The second-order valence-electron chi connectivity index (χ2n) is 6.47. The van der Waals surface area contributed by atoms with Gasteiger partial charge in [0.15, 0.2) is 0 Å². The van der Waals surface area contributed by atoms with Gasteiger partial charge in [0.05, 0.1) is 0 Å². The highest BCUT2D eigenvalue weighted by Gasteiger charge is 2.51. The molecule has 3 rings (SSSR count). The molecule has 1 aromatic heterocycles. The molecule has 0 aromatic carbocycles. The van der Waals surface area contributed by atoms with Gasteiger partial charge >= 0.3 is 6.03 Å². The highest BCUT2D eigenvalue weighted by atomic mass is 32.1. The van der Waals surface area contributed by atoms with Crippen molar-refractivity contribution in [2.24, 2.45) is 5.92 Å². The first kappa shape index (κ1) is 15.5. The molecule has 0 bridgehead atoms. The largest absolute Gasteiger partial charge is 0.324 e. The number of carbonyl (C=O) groups is 2. The quantitative estimate of drug-likeness (QED) is 0.862. The number of amides is 3. The van der Waals surface area contributed by atoms with Crippen LogP contribution in [0.1, 0.15) is 24.6 Å². The Balaban J connectivity index is 1.63. The first-order valence-electron chi connectivity index (χ1n) is 7.86. The summed E-state index contributed by atoms with van der Waals surface area (Å²) in [6.45, 7) is 4.85. The fourth-order valence-electron chi connectivity index (χ4n) is 3.53. The second-order valence-corrected chi connectivity index (χ2v) is 7.50. The zero-order valence-corrected chi connectivity index (χ0v) is 14.0. The molecule has 5 nitrogen and oxygen atoms in total. The molecule has 2 fully saturated rings. The van der Waals surface area contributed by atoms with E-state index in [0.29, 0.717) is 0 Å². The molecule has 22 heavy (non-hydrogen) atoms. The Hall–Kier alpha value is -1.40. The van der Waals surface area contributed by atoms with Gasteiger partial charge in [-0.2, -0.15) is 0 Å². The number of imide groups is 1. The minimum absolute atomic E-state index is 0.0948. The number of carbonyl (C=O) groups excluding carboxylic acids is 2. The summed E-state index contributed by atoms with van der Waals surface area (Å²) in [7, 11) is 1.56. The van der Waals surface area contributed by atoms with E-state index in [-0.39, 0.29) is 17.9 Å². The molecule has 1 N–H and O–H groups in total. The van der Waals surface area contributed by atoms with Gasteiger partial charge in [-0.3, -0.25) is 9.69 Å². The minimum Gasteiger partial charge on any atom is -0.323 e. The molecule has 2 aliphatic rings. The maximum Gasteiger partial charge on any atom is 0.324 e. The Kier molecular flexibility index (Phi) is 4.23. The van der Waals surface area contributed by atoms with Gasteiger partial charge in [0, 0.05) is 30.9 Å². The summed E-state index contributed by atoms with van der Waals surface area (Å²) in [6.07, 6.45) is 3.13. The first-order valence-corrected chi connectivity index (χ1v) is 8.73. The minimum atomic E-state index is -0.743. The van der Waals surface area contributed by atoms with E-state index in [1.54, 1.807) is 18.4 Å². The van der Waals surface area contributed by atoms with Gasteiger partial charge in [0.1, 0.15) is 5.54 Å². The predicted molar refractivity (Wildman–Crippen MR) is 86.9 cm³/mol. The molecule has 0 spiro atoms. The summed E-state index contributed by atoms with van der Waals surface area (Å²) in [4.78, 5) is 29.2. The predicted octanol–water partition coefficient (Wildman–Crippen LogP) is 1.94. The molecule has 0 aliphatic carbocycles. The third kappa shape index (κ3) is 2.77. The van der Waals surface area contributed by atoms with Gasteiger partial charge in [-0.15, -0.1) is 11.3 Å². The number of nitrogens with zero attached hydrogens (tertiary/aromatic N) is 2. The van der Waals surface area contributed by atoms with Crippen molar-refractivity contribution in [3.05, 3.63) is 22.4 Å². The lowest BCUT2D eigenvalue weighted by Crippen LogP contribution is -2.55. The number of likely N-dealkylation sites (N-methyl/N-ethyl adjacent to an activating group) is 1. The highest BCUT2D eigenvalue weighted by Crippen LogP contribution is 2.32. The number of hydrogen-bond acceptors (Lipinski definition) is 4. The Morgan fingerprint density at radius 3 is 2.91 bits per heavy atom. The van der Waals surface area contributed by atoms with Gasteiger partial charge < -0.3 is 10.2 Å². The maximum atomic E-state index is 12.4. The molecular weight excluding hydrogens is 298 g/mol. The summed E-state index contributed by atoms with van der Waals surface area (Å²) in [6, 6.07) is 3.98. The molecule has 2 atom stereocenters. The van der Waals surface area contributed by atoms with E-state index in [9.17, 15) is 9.59 Å². The van der Waals surface area contributed by atoms with Crippen molar-refractivity contribution in [2.45, 2.75) is 31.7 Å². The summed E-state index contributed by atoms with van der Waals surface area (Å²) >= 11 is 1.79. The highest BCUT2D eigenvalue weighted by molar-refractivity contribution is 7.09. The third-order valence-electron chi connectivity index (χ3n) is 5.00. The standard InChI is InChI=1S/C16H23N3O2S/c1-16(14(20)18(2)15(21)17-16)12-5-3-8-19(11-12)9-7-13-6-4-10-22-13/h4,6,10,12H,3,5,7-9,11H2,1-2H3,(H,17,21)/t12-,16-/m1/s1. The fraction of sp³-hybridized carbons (Fsp3) is 0.625. The number of nitrogens with one attached hydrogen (secondary N) is 1. The van der Waals surface area contributed by atoms with Crippen molar-refractivity contribution >= 4 is 23.3 Å². The Morgan fingerprint density at radius 1 is 1.45 bits per heavy atom. The van der Waals surface area contributed by atoms with Crippen LogP contribution in [-0.4, -0.2) is 54.0 Å². The van der Waals surface area contributed by atoms with E-state index in [2.05, 4.69) is 27.7 Å². The smallest absolute Gasteiger partial charge is 0.323 e. The number of thiophene rings is 1. The van der Waals surface area contributed by atoms with Crippen LogP contribution in [0.5, 0.6) is 0 Å². The zero-order chi connectivity index (χ0) is 15.7. The molecular formula is C16H23N3O2S. The zero-order valence-electron chi connectivity index (χ0n) is 13.2. The monoisotopic (exact) mass is 321 g/mol. The number of piperidine rings is 1. The van der Waals surface area contributed by atoms with E-state index in [1.807, 2.05) is 6.92 Å².